The smallest absolute Gasteiger partial charge is 0.343 e. The van der Waals surface area contributed by atoms with Gasteiger partial charge in [0.1, 0.15) is 0 Å². The Morgan fingerprint density at radius 1 is 1.19 bits per heavy atom. The van der Waals surface area contributed by atoms with Crippen molar-refractivity contribution < 1.29 is 22.8 Å². The molecule has 0 unspecified atom stereocenters. The first kappa shape index (κ1) is 19.8. The first-order chi connectivity index (χ1) is 12.1. The topological polar surface area (TPSA) is 76.0 Å². The zero-order valence-electron chi connectivity index (χ0n) is 14.3. The van der Waals surface area contributed by atoms with Crippen LogP contribution >= 0.6 is 11.8 Å². The average Bonchev–Trinajstić information content (AvgIpc) is 2.78. The lowest BCUT2D eigenvalue weighted by molar-refractivity contribution is -0.115. The van der Waals surface area contributed by atoms with Crippen LogP contribution in [0, 0.1) is 13.8 Å². The van der Waals surface area contributed by atoms with Crippen LogP contribution < -0.4 is 10.6 Å². The molecule has 2 aromatic rings. The van der Waals surface area contributed by atoms with Crippen molar-refractivity contribution in [3.63, 3.8) is 0 Å². The maximum atomic E-state index is 12.3. The number of hydrogen-bond donors (Lipinski definition) is 2. The molecule has 2 N–H and O–H groups in total. The molecule has 2 rings (SSSR count). The number of amides is 2. The normalized spacial score (nSPS) is 11.3. The highest BCUT2D eigenvalue weighted by Crippen LogP contribution is 2.36. The largest absolute Gasteiger partial charge is 0.446 e. The van der Waals surface area contributed by atoms with Crippen molar-refractivity contribution in [2.45, 2.75) is 24.3 Å². The summed E-state index contributed by atoms with van der Waals surface area (Å²) >= 11 is -0.258. The summed E-state index contributed by atoms with van der Waals surface area (Å²) in [6.07, 6.45) is 0. The zero-order valence-corrected chi connectivity index (χ0v) is 15.1. The number of anilines is 1. The predicted molar refractivity (Wildman–Crippen MR) is 92.0 cm³/mol. The summed E-state index contributed by atoms with van der Waals surface area (Å²) in [4.78, 5) is 24.0. The van der Waals surface area contributed by atoms with Crippen molar-refractivity contribution in [3.05, 3.63) is 41.2 Å². The Labute approximate surface area is 152 Å². The second kappa shape index (κ2) is 7.81. The van der Waals surface area contributed by atoms with Crippen LogP contribution in [0.1, 0.15) is 21.7 Å². The summed E-state index contributed by atoms with van der Waals surface area (Å²) in [7, 11) is 1.75. The lowest BCUT2D eigenvalue weighted by Crippen LogP contribution is -2.33. The highest BCUT2D eigenvalue weighted by Gasteiger charge is 2.29. The van der Waals surface area contributed by atoms with Gasteiger partial charge in [0.25, 0.3) is 5.91 Å². The average molecular weight is 386 g/mol. The molecule has 10 heteroatoms. The third-order valence-corrected chi connectivity index (χ3v) is 4.27. The summed E-state index contributed by atoms with van der Waals surface area (Å²) in [6.45, 7) is 3.28. The van der Waals surface area contributed by atoms with Gasteiger partial charge in [-0.3, -0.25) is 14.3 Å². The number of nitrogens with zero attached hydrogens (tertiary/aromatic N) is 2. The fourth-order valence-electron chi connectivity index (χ4n) is 2.21. The van der Waals surface area contributed by atoms with Crippen LogP contribution in [0.15, 0.2) is 29.2 Å². The van der Waals surface area contributed by atoms with Gasteiger partial charge in [-0.1, -0.05) is 0 Å². The number of benzene rings is 1. The summed E-state index contributed by atoms with van der Waals surface area (Å²) in [5, 5.41) is 9.27. The van der Waals surface area contributed by atoms with Gasteiger partial charge < -0.3 is 10.6 Å². The van der Waals surface area contributed by atoms with Gasteiger partial charge >= 0.3 is 5.51 Å². The fraction of sp³-hybridized carbons (Fsp3) is 0.312. The van der Waals surface area contributed by atoms with Gasteiger partial charge in [-0.2, -0.15) is 18.3 Å². The van der Waals surface area contributed by atoms with Gasteiger partial charge in [-0.05, 0) is 49.9 Å². The molecule has 2 amide bonds. The Morgan fingerprint density at radius 3 is 2.31 bits per heavy atom. The van der Waals surface area contributed by atoms with Gasteiger partial charge in [0.2, 0.25) is 5.91 Å². The van der Waals surface area contributed by atoms with Gasteiger partial charge in [0, 0.05) is 17.5 Å². The number of rotatable bonds is 5. The van der Waals surface area contributed by atoms with Crippen LogP contribution in [-0.2, 0) is 11.8 Å². The standard InChI is InChI=1S/C16H17F3N4O2S/c1-9-14(10(2)23(3)22-9)21-13(24)8-20-15(25)11-4-6-12(7-5-11)26-16(17,18)19/h4-7H,8H2,1-3H3,(H,20,25)(H,21,24). The molecule has 26 heavy (non-hydrogen) atoms. The summed E-state index contributed by atoms with van der Waals surface area (Å²) in [5.74, 6) is -0.981. The van der Waals surface area contributed by atoms with Crippen molar-refractivity contribution in [1.82, 2.24) is 15.1 Å². The molecule has 0 saturated heterocycles. The second-order valence-corrected chi connectivity index (χ2v) is 6.61. The Bertz CT molecular complexity index is 816. The molecule has 0 aliphatic heterocycles. The molecular formula is C16H17F3N4O2S. The lowest BCUT2D eigenvalue weighted by Gasteiger charge is -2.08. The number of aromatic nitrogens is 2. The van der Waals surface area contributed by atoms with E-state index in [1.807, 2.05) is 0 Å². The van der Waals surface area contributed by atoms with E-state index in [-0.39, 0.29) is 28.8 Å². The van der Waals surface area contributed by atoms with Crippen molar-refractivity contribution >= 4 is 29.3 Å². The van der Waals surface area contributed by atoms with E-state index in [0.717, 1.165) is 5.69 Å². The number of hydrogen-bond acceptors (Lipinski definition) is 4. The number of aryl methyl sites for hydroxylation is 2. The lowest BCUT2D eigenvalue weighted by atomic mass is 10.2. The van der Waals surface area contributed by atoms with Crippen molar-refractivity contribution in [2.75, 3.05) is 11.9 Å². The summed E-state index contributed by atoms with van der Waals surface area (Å²) in [5.41, 5.74) is -2.20. The molecule has 0 bridgehead atoms. The van der Waals surface area contributed by atoms with E-state index in [1.54, 1.807) is 25.6 Å². The molecule has 0 atom stereocenters. The van der Waals surface area contributed by atoms with Crippen LogP contribution in [0.25, 0.3) is 0 Å². The number of carbonyl (C=O) groups excluding carboxylic acids is 2. The van der Waals surface area contributed by atoms with Crippen molar-refractivity contribution in [3.8, 4) is 0 Å². The van der Waals surface area contributed by atoms with Crippen LogP contribution in [0.5, 0.6) is 0 Å². The molecule has 1 aromatic heterocycles. The van der Waals surface area contributed by atoms with E-state index < -0.39 is 17.3 Å². The predicted octanol–water partition coefficient (Wildman–Crippen LogP) is 3.02. The van der Waals surface area contributed by atoms with E-state index in [4.69, 9.17) is 0 Å². The van der Waals surface area contributed by atoms with E-state index in [0.29, 0.717) is 11.4 Å². The minimum atomic E-state index is -4.38. The maximum absolute atomic E-state index is 12.3. The summed E-state index contributed by atoms with van der Waals surface area (Å²) in [6, 6.07) is 4.96. The minimum absolute atomic E-state index is 0.0191. The maximum Gasteiger partial charge on any atom is 0.446 e. The van der Waals surface area contributed by atoms with Crippen LogP contribution in [0.2, 0.25) is 0 Å². The van der Waals surface area contributed by atoms with Crippen LogP contribution in [-0.4, -0.2) is 33.6 Å². The SMILES string of the molecule is Cc1nn(C)c(C)c1NC(=O)CNC(=O)c1ccc(SC(F)(F)F)cc1. The Balaban J connectivity index is 1.90. The quantitative estimate of drug-likeness (QED) is 0.775. The molecule has 0 aliphatic carbocycles. The van der Waals surface area contributed by atoms with E-state index >= 15 is 0 Å². The Morgan fingerprint density at radius 2 is 1.81 bits per heavy atom. The molecule has 0 radical (unpaired) electrons. The fourth-order valence-corrected chi connectivity index (χ4v) is 2.75. The van der Waals surface area contributed by atoms with Gasteiger partial charge in [0.05, 0.1) is 23.6 Å². The molecule has 6 nitrogen and oxygen atoms in total. The zero-order chi connectivity index (χ0) is 19.5. The Kier molecular flexibility index (Phi) is 5.96. The molecule has 1 heterocycles. The van der Waals surface area contributed by atoms with E-state index in [9.17, 15) is 22.8 Å². The van der Waals surface area contributed by atoms with E-state index in [2.05, 4.69) is 15.7 Å². The molecule has 0 aliphatic rings. The number of halogens is 3. The van der Waals surface area contributed by atoms with Crippen molar-refractivity contribution in [2.24, 2.45) is 7.05 Å². The number of thioether (sulfide) groups is 1. The van der Waals surface area contributed by atoms with Gasteiger partial charge in [0.15, 0.2) is 0 Å². The molecular weight excluding hydrogens is 369 g/mol. The molecule has 140 valence electrons. The first-order valence-electron chi connectivity index (χ1n) is 7.51. The highest BCUT2D eigenvalue weighted by atomic mass is 32.2. The van der Waals surface area contributed by atoms with E-state index in [1.165, 1.54) is 24.3 Å². The second-order valence-electron chi connectivity index (χ2n) is 5.47. The highest BCUT2D eigenvalue weighted by molar-refractivity contribution is 8.00. The monoisotopic (exact) mass is 386 g/mol. The third-order valence-electron chi connectivity index (χ3n) is 3.53. The third kappa shape index (κ3) is 5.25. The Hall–Kier alpha value is -2.49. The van der Waals surface area contributed by atoms with Gasteiger partial charge in [-0.25, -0.2) is 0 Å². The van der Waals surface area contributed by atoms with Crippen LogP contribution in [0.4, 0.5) is 18.9 Å². The minimum Gasteiger partial charge on any atom is -0.343 e. The number of nitrogens with one attached hydrogen (secondary N) is 2. The number of carbonyl (C=O) groups is 2. The summed E-state index contributed by atoms with van der Waals surface area (Å²) < 4.78 is 38.5. The molecule has 0 saturated carbocycles. The molecule has 0 spiro atoms. The molecule has 1 aromatic carbocycles. The van der Waals surface area contributed by atoms with Gasteiger partial charge in [-0.15, -0.1) is 0 Å². The molecule has 0 fully saturated rings. The van der Waals surface area contributed by atoms with Crippen molar-refractivity contribution in [1.29, 1.82) is 0 Å². The number of alkyl halides is 3. The van der Waals surface area contributed by atoms with Crippen LogP contribution in [0.3, 0.4) is 0 Å². The first-order valence-corrected chi connectivity index (χ1v) is 8.32.